The summed E-state index contributed by atoms with van der Waals surface area (Å²) < 4.78 is 19.7. The second-order valence-electron chi connectivity index (χ2n) is 7.52. The zero-order chi connectivity index (χ0) is 21.3. The van der Waals surface area contributed by atoms with Gasteiger partial charge in [-0.15, -0.1) is 0 Å². The number of ketones is 1. The summed E-state index contributed by atoms with van der Waals surface area (Å²) in [5, 5.41) is 0.675. The number of fused-ring (bicyclic) bond motifs is 1. The Morgan fingerprint density at radius 2 is 1.90 bits per heavy atom. The molecule has 3 aromatic rings. The number of aromatic nitrogens is 1. The molecule has 0 aliphatic carbocycles. The van der Waals surface area contributed by atoms with Crippen LogP contribution in [0.25, 0.3) is 0 Å². The van der Waals surface area contributed by atoms with Crippen LogP contribution in [-0.4, -0.2) is 29.7 Å². The second kappa shape index (κ2) is 8.44. The van der Waals surface area contributed by atoms with Crippen molar-refractivity contribution in [3.63, 3.8) is 0 Å². The van der Waals surface area contributed by atoms with Crippen molar-refractivity contribution in [2.45, 2.75) is 33.4 Å². The van der Waals surface area contributed by atoms with Crippen molar-refractivity contribution in [2.24, 2.45) is 0 Å². The number of carbonyl (C=O) groups excluding carboxylic acids is 1. The average Bonchev–Trinajstić information content (AvgIpc) is 3.02. The van der Waals surface area contributed by atoms with Crippen LogP contribution in [0.5, 0.6) is 17.2 Å². The molecule has 0 spiro atoms. The van der Waals surface area contributed by atoms with Gasteiger partial charge < -0.3 is 18.8 Å². The van der Waals surface area contributed by atoms with Crippen molar-refractivity contribution in [3.8, 4) is 17.2 Å². The Kier molecular flexibility index (Phi) is 5.73. The number of nitrogens with zero attached hydrogens (tertiary/aromatic N) is 1. The fourth-order valence-electron chi connectivity index (χ4n) is 3.65. The molecule has 0 amide bonds. The molecule has 0 N–H and O–H groups in total. The van der Waals surface area contributed by atoms with E-state index in [1.54, 1.807) is 12.1 Å². The molecule has 2 aromatic carbocycles. The molecule has 2 heterocycles. The minimum absolute atomic E-state index is 0.0260. The van der Waals surface area contributed by atoms with Gasteiger partial charge in [-0.25, -0.2) is 0 Å². The Hall–Kier alpha value is -2.92. The van der Waals surface area contributed by atoms with Crippen molar-refractivity contribution in [2.75, 3.05) is 13.2 Å². The van der Waals surface area contributed by atoms with Gasteiger partial charge in [-0.3, -0.25) is 4.79 Å². The summed E-state index contributed by atoms with van der Waals surface area (Å²) in [6.45, 7) is 6.89. The fourth-order valence-corrected chi connectivity index (χ4v) is 3.77. The van der Waals surface area contributed by atoms with Crippen LogP contribution in [0.15, 0.2) is 48.5 Å². The highest BCUT2D eigenvalue weighted by atomic mass is 35.5. The lowest BCUT2D eigenvalue weighted by molar-refractivity contribution is 0.0777. The molecule has 156 valence electrons. The van der Waals surface area contributed by atoms with E-state index in [2.05, 4.69) is 4.57 Å². The van der Waals surface area contributed by atoms with Gasteiger partial charge in [0, 0.05) is 22.0 Å². The van der Waals surface area contributed by atoms with Gasteiger partial charge in [0.1, 0.15) is 12.4 Å². The predicted octanol–water partition coefficient (Wildman–Crippen LogP) is 5.17. The Morgan fingerprint density at radius 3 is 2.67 bits per heavy atom. The van der Waals surface area contributed by atoms with Crippen LogP contribution in [0.3, 0.4) is 0 Å². The van der Waals surface area contributed by atoms with Gasteiger partial charge in [0.25, 0.3) is 0 Å². The van der Waals surface area contributed by atoms with Gasteiger partial charge >= 0.3 is 0 Å². The van der Waals surface area contributed by atoms with E-state index in [1.807, 2.05) is 57.2 Å². The van der Waals surface area contributed by atoms with Gasteiger partial charge in [0.15, 0.2) is 24.2 Å². The highest BCUT2D eigenvalue weighted by Crippen LogP contribution is 2.31. The standard InChI is InChI=1S/C24H24ClNO4/c1-15-10-18(8-9-21(15)25)28-14-22(27)20-11-16(2)26(17(20)3)12-19-13-29-23-6-4-5-7-24(23)30-19/h4-11,19H,12-14H2,1-3H3. The zero-order valence-corrected chi connectivity index (χ0v) is 18.0. The van der Waals surface area contributed by atoms with E-state index in [9.17, 15) is 4.79 Å². The van der Waals surface area contributed by atoms with Crippen molar-refractivity contribution in [3.05, 3.63) is 76.1 Å². The molecule has 30 heavy (non-hydrogen) atoms. The largest absolute Gasteiger partial charge is 0.486 e. The molecule has 0 saturated carbocycles. The molecule has 6 heteroatoms. The van der Waals surface area contributed by atoms with Gasteiger partial charge in [0.05, 0.1) is 6.54 Å². The molecule has 1 aliphatic rings. The number of hydrogen-bond acceptors (Lipinski definition) is 4. The molecule has 0 saturated heterocycles. The van der Waals surface area contributed by atoms with Crippen LogP contribution in [0.2, 0.25) is 5.02 Å². The number of para-hydroxylation sites is 2. The molecule has 1 atom stereocenters. The molecule has 1 aromatic heterocycles. The zero-order valence-electron chi connectivity index (χ0n) is 17.3. The maximum atomic E-state index is 12.8. The first-order valence-electron chi connectivity index (χ1n) is 9.89. The maximum Gasteiger partial charge on any atom is 0.202 e. The first-order valence-corrected chi connectivity index (χ1v) is 10.3. The third-order valence-corrected chi connectivity index (χ3v) is 5.75. The number of halogens is 1. The normalized spacial score (nSPS) is 15.1. The first kappa shape index (κ1) is 20.4. The molecule has 0 bridgehead atoms. The van der Waals surface area contributed by atoms with Crippen LogP contribution < -0.4 is 14.2 Å². The maximum absolute atomic E-state index is 12.8. The van der Waals surface area contributed by atoms with Gasteiger partial charge in [0.2, 0.25) is 5.78 Å². The molecular weight excluding hydrogens is 402 g/mol. The smallest absolute Gasteiger partial charge is 0.202 e. The molecule has 0 radical (unpaired) electrons. The van der Waals surface area contributed by atoms with E-state index in [-0.39, 0.29) is 18.5 Å². The third kappa shape index (κ3) is 4.17. The van der Waals surface area contributed by atoms with Crippen molar-refractivity contribution < 1.29 is 19.0 Å². The lowest BCUT2D eigenvalue weighted by Gasteiger charge is -2.27. The first-order chi connectivity index (χ1) is 14.4. The highest BCUT2D eigenvalue weighted by Gasteiger charge is 2.24. The topological polar surface area (TPSA) is 49.7 Å². The highest BCUT2D eigenvalue weighted by molar-refractivity contribution is 6.31. The Labute approximate surface area is 181 Å². The summed E-state index contributed by atoms with van der Waals surface area (Å²) in [6, 6.07) is 14.9. The quantitative estimate of drug-likeness (QED) is 0.511. The fraction of sp³-hybridized carbons (Fsp3) is 0.292. The number of carbonyl (C=O) groups is 1. The van der Waals surface area contributed by atoms with E-state index in [1.165, 1.54) is 0 Å². The van der Waals surface area contributed by atoms with Crippen LogP contribution in [-0.2, 0) is 6.54 Å². The molecule has 4 rings (SSSR count). The number of benzene rings is 2. The molecule has 1 aliphatic heterocycles. The summed E-state index contributed by atoms with van der Waals surface area (Å²) in [5.74, 6) is 2.08. The van der Waals surface area contributed by atoms with Crippen LogP contribution >= 0.6 is 11.6 Å². The van der Waals surface area contributed by atoms with Crippen molar-refractivity contribution in [1.29, 1.82) is 0 Å². The Bertz CT molecular complexity index is 1090. The summed E-state index contributed by atoms with van der Waals surface area (Å²) in [7, 11) is 0. The van der Waals surface area contributed by atoms with E-state index >= 15 is 0 Å². The Morgan fingerprint density at radius 1 is 1.13 bits per heavy atom. The van der Waals surface area contributed by atoms with E-state index < -0.39 is 0 Å². The molecule has 5 nitrogen and oxygen atoms in total. The summed E-state index contributed by atoms with van der Waals surface area (Å²) >= 11 is 6.04. The lowest BCUT2D eigenvalue weighted by atomic mass is 10.1. The van der Waals surface area contributed by atoms with Gasteiger partial charge in [-0.2, -0.15) is 0 Å². The number of aryl methyl sites for hydroxylation is 2. The molecular formula is C24H24ClNO4. The van der Waals surface area contributed by atoms with E-state index in [0.717, 1.165) is 28.5 Å². The van der Waals surface area contributed by atoms with Crippen LogP contribution in [0.4, 0.5) is 0 Å². The number of ether oxygens (including phenoxy) is 3. The van der Waals surface area contributed by atoms with E-state index in [0.29, 0.717) is 29.5 Å². The number of hydrogen-bond donors (Lipinski definition) is 0. The summed E-state index contributed by atoms with van der Waals surface area (Å²) in [5.41, 5.74) is 3.47. The van der Waals surface area contributed by atoms with Crippen molar-refractivity contribution in [1.82, 2.24) is 4.57 Å². The lowest BCUT2D eigenvalue weighted by Crippen LogP contribution is -2.33. The minimum atomic E-state index is -0.124. The van der Waals surface area contributed by atoms with Gasteiger partial charge in [-0.1, -0.05) is 23.7 Å². The average molecular weight is 426 g/mol. The summed E-state index contributed by atoms with van der Waals surface area (Å²) in [4.78, 5) is 12.8. The molecule has 1 unspecified atom stereocenters. The van der Waals surface area contributed by atoms with E-state index in [4.69, 9.17) is 25.8 Å². The third-order valence-electron chi connectivity index (χ3n) is 5.33. The minimum Gasteiger partial charge on any atom is -0.486 e. The summed E-state index contributed by atoms with van der Waals surface area (Å²) in [6.07, 6.45) is -0.124. The SMILES string of the molecule is Cc1cc(OCC(=O)c2cc(C)n(CC3COc4ccccc4O3)c2C)ccc1Cl. The number of rotatable bonds is 6. The van der Waals surface area contributed by atoms with Crippen molar-refractivity contribution >= 4 is 17.4 Å². The Balaban J connectivity index is 1.44. The van der Waals surface area contributed by atoms with Crippen LogP contribution in [0, 0.1) is 20.8 Å². The second-order valence-corrected chi connectivity index (χ2v) is 7.92. The molecule has 0 fully saturated rings. The number of Topliss-reactive ketones (excluding diaryl/α,β-unsaturated/α-hetero) is 1. The predicted molar refractivity (Wildman–Crippen MR) is 116 cm³/mol. The van der Waals surface area contributed by atoms with Crippen LogP contribution in [0.1, 0.15) is 27.3 Å². The monoisotopic (exact) mass is 425 g/mol. The van der Waals surface area contributed by atoms with Gasteiger partial charge in [-0.05, 0) is 62.7 Å².